The van der Waals surface area contributed by atoms with Gasteiger partial charge in [-0.15, -0.1) is 5.10 Å². The lowest BCUT2D eigenvalue weighted by Crippen LogP contribution is -2.16. The molecule has 8 nitrogen and oxygen atoms in total. The average Bonchev–Trinajstić information content (AvgIpc) is 3.12. The summed E-state index contributed by atoms with van der Waals surface area (Å²) in [5.41, 5.74) is 1.58. The molecule has 0 aliphatic heterocycles. The number of halogens is 2. The lowest BCUT2D eigenvalue weighted by Gasteiger charge is -2.11. The number of rotatable bonds is 6. The molecule has 1 N–H and O–H groups in total. The number of carbonyl (C=O) groups excluding carboxylic acids is 2. The quantitative estimate of drug-likeness (QED) is 0.469. The number of methoxy groups -OCH3 is 1. The molecular formula is C19H19F2N5O3S. The molecule has 3 rings (SSSR count). The van der Waals surface area contributed by atoms with Crippen molar-refractivity contribution in [3.05, 3.63) is 46.3 Å². The van der Waals surface area contributed by atoms with Crippen LogP contribution in [0.5, 0.6) is 0 Å². The SMILES string of the molecule is COC(=O)c1cc(NC(=O)CCc2c(C)nc3nc(SC)nn3c2C)c(F)cc1F. The maximum atomic E-state index is 14.0. The molecule has 1 aromatic carbocycles. The Bertz CT molecular complexity index is 1150. The van der Waals surface area contributed by atoms with Crippen LogP contribution < -0.4 is 5.32 Å². The fourth-order valence-corrected chi connectivity index (χ4v) is 3.34. The molecular weight excluding hydrogens is 416 g/mol. The van der Waals surface area contributed by atoms with Crippen molar-refractivity contribution in [1.82, 2.24) is 19.6 Å². The molecule has 0 radical (unpaired) electrons. The number of benzene rings is 1. The van der Waals surface area contributed by atoms with Crippen molar-refractivity contribution in [3.63, 3.8) is 0 Å². The standard InChI is InChI=1S/C19H19F2N5O3S/c1-9-11(10(2)26-18(22-9)24-19(25-26)30-4)5-6-16(27)23-15-7-12(17(28)29-3)13(20)8-14(15)21/h7-8H,5-6H2,1-4H3,(H,23,27). The third-order valence-electron chi connectivity index (χ3n) is 4.55. The van der Waals surface area contributed by atoms with Gasteiger partial charge in [0.1, 0.15) is 11.6 Å². The minimum Gasteiger partial charge on any atom is -0.465 e. The minimum atomic E-state index is -1.07. The summed E-state index contributed by atoms with van der Waals surface area (Å²) in [7, 11) is 1.08. The second-order valence-corrected chi connectivity index (χ2v) is 7.20. The summed E-state index contributed by atoms with van der Waals surface area (Å²) >= 11 is 1.40. The number of hydrogen-bond acceptors (Lipinski definition) is 7. The number of ether oxygens (including phenoxy) is 1. The fourth-order valence-electron chi connectivity index (χ4n) is 3.00. The van der Waals surface area contributed by atoms with Crippen LogP contribution in [0.2, 0.25) is 0 Å². The molecule has 1 amide bonds. The van der Waals surface area contributed by atoms with Crippen LogP contribution in [0.4, 0.5) is 14.5 Å². The molecule has 11 heteroatoms. The first-order valence-electron chi connectivity index (χ1n) is 8.89. The van der Waals surface area contributed by atoms with Crippen LogP contribution in [-0.4, -0.2) is 44.8 Å². The number of amides is 1. The third kappa shape index (κ3) is 4.25. The summed E-state index contributed by atoms with van der Waals surface area (Å²) in [5.74, 6) is -3.05. The number of carbonyl (C=O) groups is 2. The summed E-state index contributed by atoms with van der Waals surface area (Å²) in [5, 5.41) is 7.32. The molecule has 2 aromatic heterocycles. The van der Waals surface area contributed by atoms with E-state index < -0.39 is 29.1 Å². The summed E-state index contributed by atoms with van der Waals surface area (Å²) < 4.78 is 33.8. The van der Waals surface area contributed by atoms with Crippen molar-refractivity contribution in [2.75, 3.05) is 18.7 Å². The Morgan fingerprint density at radius 1 is 1.20 bits per heavy atom. The van der Waals surface area contributed by atoms with Crippen molar-refractivity contribution in [1.29, 1.82) is 0 Å². The van der Waals surface area contributed by atoms with Crippen LogP contribution in [0.25, 0.3) is 5.78 Å². The van der Waals surface area contributed by atoms with Crippen LogP contribution in [0.1, 0.15) is 33.7 Å². The second-order valence-electron chi connectivity index (χ2n) is 6.42. The summed E-state index contributed by atoms with van der Waals surface area (Å²) in [4.78, 5) is 32.7. The van der Waals surface area contributed by atoms with Gasteiger partial charge in [-0.25, -0.2) is 23.1 Å². The number of esters is 1. The van der Waals surface area contributed by atoms with Gasteiger partial charge in [0.05, 0.1) is 18.4 Å². The number of fused-ring (bicyclic) bond motifs is 1. The first kappa shape index (κ1) is 21.6. The van der Waals surface area contributed by atoms with Crippen molar-refractivity contribution in [2.24, 2.45) is 0 Å². The Hall–Kier alpha value is -3.08. The van der Waals surface area contributed by atoms with Crippen LogP contribution in [0, 0.1) is 25.5 Å². The van der Waals surface area contributed by atoms with E-state index >= 15 is 0 Å². The van der Waals surface area contributed by atoms with Crippen LogP contribution in [-0.2, 0) is 16.0 Å². The highest BCUT2D eigenvalue weighted by molar-refractivity contribution is 7.98. The number of nitrogens with one attached hydrogen (secondary N) is 1. The number of anilines is 1. The molecule has 0 atom stereocenters. The maximum Gasteiger partial charge on any atom is 0.340 e. The van der Waals surface area contributed by atoms with Gasteiger partial charge in [-0.2, -0.15) is 4.98 Å². The molecule has 0 saturated heterocycles. The first-order valence-corrected chi connectivity index (χ1v) is 10.1. The third-order valence-corrected chi connectivity index (χ3v) is 5.09. The van der Waals surface area contributed by atoms with Gasteiger partial charge in [0.25, 0.3) is 5.78 Å². The van der Waals surface area contributed by atoms with Crippen LogP contribution in [0.3, 0.4) is 0 Å². The second kappa shape index (κ2) is 8.74. The van der Waals surface area contributed by atoms with Gasteiger partial charge in [-0.3, -0.25) is 4.79 Å². The van der Waals surface area contributed by atoms with E-state index in [0.717, 1.165) is 24.4 Å². The van der Waals surface area contributed by atoms with E-state index in [1.165, 1.54) is 11.8 Å². The van der Waals surface area contributed by atoms with Gasteiger partial charge < -0.3 is 10.1 Å². The molecule has 3 aromatic rings. The molecule has 30 heavy (non-hydrogen) atoms. The highest BCUT2D eigenvalue weighted by Crippen LogP contribution is 2.22. The van der Waals surface area contributed by atoms with Gasteiger partial charge in [0, 0.05) is 23.9 Å². The monoisotopic (exact) mass is 435 g/mol. The summed E-state index contributed by atoms with van der Waals surface area (Å²) in [6, 6.07) is 1.44. The molecule has 0 fully saturated rings. The summed E-state index contributed by atoms with van der Waals surface area (Å²) in [6.45, 7) is 3.67. The van der Waals surface area contributed by atoms with E-state index in [-0.39, 0.29) is 12.1 Å². The van der Waals surface area contributed by atoms with Gasteiger partial charge in [-0.05, 0) is 38.2 Å². The molecule has 0 unspecified atom stereocenters. The molecule has 0 aliphatic carbocycles. The van der Waals surface area contributed by atoms with Gasteiger partial charge in [0.15, 0.2) is 0 Å². The average molecular weight is 435 g/mol. The fraction of sp³-hybridized carbons (Fsp3) is 0.316. The Morgan fingerprint density at radius 2 is 1.93 bits per heavy atom. The maximum absolute atomic E-state index is 14.0. The topological polar surface area (TPSA) is 98.5 Å². The highest BCUT2D eigenvalue weighted by atomic mass is 32.2. The molecule has 0 bridgehead atoms. The zero-order valence-electron chi connectivity index (χ0n) is 16.7. The van der Waals surface area contributed by atoms with Gasteiger partial charge in [-0.1, -0.05) is 11.8 Å². The molecule has 158 valence electrons. The zero-order chi connectivity index (χ0) is 22.0. The Balaban J connectivity index is 1.77. The Morgan fingerprint density at radius 3 is 2.60 bits per heavy atom. The van der Waals surface area contributed by atoms with E-state index in [9.17, 15) is 18.4 Å². The van der Waals surface area contributed by atoms with E-state index in [1.54, 1.807) is 4.52 Å². The van der Waals surface area contributed by atoms with Crippen LogP contribution >= 0.6 is 11.8 Å². The smallest absolute Gasteiger partial charge is 0.340 e. The van der Waals surface area contributed by atoms with Crippen molar-refractivity contribution in [2.45, 2.75) is 31.8 Å². The van der Waals surface area contributed by atoms with E-state index in [2.05, 4.69) is 25.1 Å². The van der Waals surface area contributed by atoms with E-state index in [4.69, 9.17) is 0 Å². The van der Waals surface area contributed by atoms with E-state index in [1.807, 2.05) is 20.1 Å². The Labute approximate surface area is 175 Å². The largest absolute Gasteiger partial charge is 0.465 e. The highest BCUT2D eigenvalue weighted by Gasteiger charge is 2.19. The molecule has 2 heterocycles. The summed E-state index contributed by atoms with van der Waals surface area (Å²) in [6.07, 6.45) is 2.21. The first-order chi connectivity index (χ1) is 14.2. The molecule has 0 aliphatic rings. The Kier molecular flexibility index (Phi) is 6.30. The number of aryl methyl sites for hydroxylation is 2. The van der Waals surface area contributed by atoms with E-state index in [0.29, 0.717) is 29.1 Å². The lowest BCUT2D eigenvalue weighted by atomic mass is 10.1. The van der Waals surface area contributed by atoms with Crippen LogP contribution in [0.15, 0.2) is 17.3 Å². The molecule has 0 saturated carbocycles. The number of aromatic nitrogens is 4. The van der Waals surface area contributed by atoms with Gasteiger partial charge >= 0.3 is 5.97 Å². The minimum absolute atomic E-state index is 0.0172. The normalized spacial score (nSPS) is 11.0. The predicted octanol–water partition coefficient (Wildman–Crippen LogP) is 3.10. The van der Waals surface area contributed by atoms with Crippen molar-refractivity contribution >= 4 is 35.1 Å². The van der Waals surface area contributed by atoms with Crippen molar-refractivity contribution < 1.29 is 23.1 Å². The zero-order valence-corrected chi connectivity index (χ0v) is 17.6. The number of thioether (sulfide) groups is 1. The number of nitrogens with zero attached hydrogens (tertiary/aromatic N) is 4. The van der Waals surface area contributed by atoms with Gasteiger partial charge in [0.2, 0.25) is 11.1 Å². The van der Waals surface area contributed by atoms with Crippen molar-refractivity contribution in [3.8, 4) is 0 Å². The molecule has 0 spiro atoms. The number of hydrogen-bond donors (Lipinski definition) is 1. The predicted molar refractivity (Wildman–Crippen MR) is 107 cm³/mol. The lowest BCUT2D eigenvalue weighted by molar-refractivity contribution is -0.116.